The van der Waals surface area contributed by atoms with E-state index >= 15 is 0 Å². The number of carbonyl (C=O) groups excluding carboxylic acids is 2. The van der Waals surface area contributed by atoms with E-state index in [1.54, 1.807) is 0 Å². The van der Waals surface area contributed by atoms with Crippen molar-refractivity contribution in [2.24, 2.45) is 0 Å². The number of alkyl halides is 3. The van der Waals surface area contributed by atoms with Crippen molar-refractivity contribution >= 4 is 62.3 Å². The minimum absolute atomic E-state index is 0.00592. The van der Waals surface area contributed by atoms with Gasteiger partial charge in [0.1, 0.15) is 33.5 Å². The van der Waals surface area contributed by atoms with E-state index < -0.39 is 28.6 Å². The molecule has 0 aliphatic heterocycles. The van der Waals surface area contributed by atoms with Crippen molar-refractivity contribution in [1.82, 2.24) is 30.2 Å². The normalized spacial score (nSPS) is 11.4. The van der Waals surface area contributed by atoms with Crippen LogP contribution >= 0.6 is 38.9 Å². The van der Waals surface area contributed by atoms with Gasteiger partial charge in [0.05, 0.1) is 27.8 Å². The molecule has 2 amide bonds. The summed E-state index contributed by atoms with van der Waals surface area (Å²) in [6.45, 7) is 1.36. The number of halogens is 5. The van der Waals surface area contributed by atoms with Crippen LogP contribution in [0.15, 0.2) is 29.3 Å². The van der Waals surface area contributed by atoms with Crippen molar-refractivity contribution in [3.8, 4) is 0 Å². The third-order valence-corrected chi connectivity index (χ3v) is 6.48. The summed E-state index contributed by atoms with van der Waals surface area (Å²) in [5.41, 5.74) is -1.00. The first-order chi connectivity index (χ1) is 17.0. The van der Waals surface area contributed by atoms with Gasteiger partial charge in [-0.2, -0.15) is 13.2 Å². The largest absolute Gasteiger partial charge is 0.418 e. The highest BCUT2D eigenvalue weighted by Gasteiger charge is 2.34. The Morgan fingerprint density at radius 1 is 1.14 bits per heavy atom. The second kappa shape index (κ2) is 11.9. The number of pyridine rings is 1. The highest BCUT2D eigenvalue weighted by Crippen LogP contribution is 2.35. The summed E-state index contributed by atoms with van der Waals surface area (Å²) in [6, 6.07) is 0.644. The molecule has 0 spiro atoms. The quantitative estimate of drug-likeness (QED) is 0.334. The molecule has 0 unspecified atom stereocenters. The van der Waals surface area contributed by atoms with Gasteiger partial charge in [-0.05, 0) is 36.1 Å². The Morgan fingerprint density at radius 3 is 2.58 bits per heavy atom. The number of thiazole rings is 1. The minimum atomic E-state index is -4.70. The van der Waals surface area contributed by atoms with E-state index in [9.17, 15) is 22.8 Å². The highest BCUT2D eigenvalue weighted by atomic mass is 79.9. The maximum atomic E-state index is 13.0. The molecular weight excluding hydrogens is 589 g/mol. The molecule has 0 fully saturated rings. The maximum absolute atomic E-state index is 13.0. The molecule has 0 aliphatic carbocycles. The highest BCUT2D eigenvalue weighted by molar-refractivity contribution is 9.10. The molecule has 192 valence electrons. The molecule has 36 heavy (non-hydrogen) atoms. The van der Waals surface area contributed by atoms with Crippen molar-refractivity contribution in [2.45, 2.75) is 12.7 Å². The maximum Gasteiger partial charge on any atom is 0.418 e. The summed E-state index contributed by atoms with van der Waals surface area (Å²) in [6.07, 6.45) is -1.38. The van der Waals surface area contributed by atoms with Crippen LogP contribution in [-0.2, 0) is 12.7 Å². The molecule has 16 heteroatoms. The van der Waals surface area contributed by atoms with Crippen LogP contribution < -0.4 is 16.0 Å². The van der Waals surface area contributed by atoms with E-state index in [4.69, 9.17) is 11.6 Å². The van der Waals surface area contributed by atoms with Crippen LogP contribution in [0.5, 0.6) is 0 Å². The summed E-state index contributed by atoms with van der Waals surface area (Å²) in [4.78, 5) is 43.0. The standard InChI is InChI=1S/C20H19BrClF3N8O2S/c1-33(2)4-3-26-17-15(21)16(30-9-31-17)19(35)29-8-14-28-7-12(36-14)18(34)32-13-5-10(20(23,24)25)11(22)6-27-13/h5-7,9H,3-4,8H2,1-2H3,(H,29,35)(H,26,30,31)(H,27,32,34). The van der Waals surface area contributed by atoms with Gasteiger partial charge < -0.3 is 20.9 Å². The van der Waals surface area contributed by atoms with Gasteiger partial charge in [-0.3, -0.25) is 9.59 Å². The fraction of sp³-hybridized carbons (Fsp3) is 0.300. The number of amides is 2. The van der Waals surface area contributed by atoms with Gasteiger partial charge in [0.25, 0.3) is 11.8 Å². The van der Waals surface area contributed by atoms with Gasteiger partial charge in [-0.25, -0.2) is 19.9 Å². The number of carbonyl (C=O) groups is 2. The Hall–Kier alpha value is -2.88. The van der Waals surface area contributed by atoms with Crippen LogP contribution in [-0.4, -0.2) is 63.8 Å². The SMILES string of the molecule is CN(C)CCNc1ncnc(C(=O)NCc2ncc(C(=O)Nc3cc(C(F)(F)F)c(Cl)cn3)s2)c1Br. The Labute approximate surface area is 220 Å². The topological polar surface area (TPSA) is 125 Å². The molecule has 3 heterocycles. The first-order valence-corrected chi connectivity index (χ1v) is 12.1. The first-order valence-electron chi connectivity index (χ1n) is 10.1. The Bertz CT molecular complexity index is 1260. The lowest BCUT2D eigenvalue weighted by atomic mass is 10.2. The Kier molecular flexibility index (Phi) is 9.16. The number of hydrogen-bond donors (Lipinski definition) is 3. The second-order valence-electron chi connectivity index (χ2n) is 7.42. The zero-order valence-corrected chi connectivity index (χ0v) is 21.9. The number of likely N-dealkylation sites (N-methyl/N-ethyl adjacent to an activating group) is 1. The lowest BCUT2D eigenvalue weighted by Crippen LogP contribution is -2.25. The summed E-state index contributed by atoms with van der Waals surface area (Å²) in [5.74, 6) is -1.05. The van der Waals surface area contributed by atoms with Crippen molar-refractivity contribution in [3.05, 3.63) is 55.4 Å². The molecule has 0 saturated carbocycles. The van der Waals surface area contributed by atoms with E-state index in [2.05, 4.69) is 51.8 Å². The van der Waals surface area contributed by atoms with Gasteiger partial charge >= 0.3 is 6.18 Å². The Morgan fingerprint density at radius 2 is 1.89 bits per heavy atom. The molecule has 3 aromatic heterocycles. The molecule has 0 atom stereocenters. The van der Waals surface area contributed by atoms with Crippen LogP contribution in [0.2, 0.25) is 5.02 Å². The average Bonchev–Trinajstić information content (AvgIpc) is 3.28. The number of hydrogen-bond acceptors (Lipinski definition) is 9. The fourth-order valence-corrected chi connectivity index (χ4v) is 4.18. The van der Waals surface area contributed by atoms with Crippen molar-refractivity contribution in [1.29, 1.82) is 0 Å². The third-order valence-electron chi connectivity index (χ3n) is 4.44. The van der Waals surface area contributed by atoms with Crippen molar-refractivity contribution in [2.75, 3.05) is 37.8 Å². The van der Waals surface area contributed by atoms with Gasteiger partial charge in [0.15, 0.2) is 0 Å². The number of aromatic nitrogens is 4. The summed E-state index contributed by atoms with van der Waals surface area (Å²) < 4.78 is 39.4. The molecule has 0 saturated heterocycles. The molecule has 0 aliphatic rings. The van der Waals surface area contributed by atoms with Crippen LogP contribution in [0, 0.1) is 0 Å². The van der Waals surface area contributed by atoms with E-state index in [0.29, 0.717) is 27.9 Å². The van der Waals surface area contributed by atoms with Gasteiger partial charge in [-0.15, -0.1) is 11.3 Å². The van der Waals surface area contributed by atoms with Crippen LogP contribution in [0.25, 0.3) is 0 Å². The monoisotopic (exact) mass is 606 g/mol. The molecular formula is C20H19BrClF3N8O2S. The van der Waals surface area contributed by atoms with E-state index in [0.717, 1.165) is 24.1 Å². The van der Waals surface area contributed by atoms with Gasteiger partial charge in [0, 0.05) is 19.3 Å². The second-order valence-corrected chi connectivity index (χ2v) is 9.73. The first kappa shape index (κ1) is 27.7. The van der Waals surface area contributed by atoms with E-state index in [-0.39, 0.29) is 22.9 Å². The van der Waals surface area contributed by atoms with Crippen LogP contribution in [0.4, 0.5) is 24.8 Å². The summed E-state index contributed by atoms with van der Waals surface area (Å²) in [7, 11) is 3.86. The zero-order valence-electron chi connectivity index (χ0n) is 18.8. The molecule has 0 radical (unpaired) electrons. The van der Waals surface area contributed by atoms with Crippen LogP contribution in [0.1, 0.15) is 30.7 Å². The molecule has 10 nitrogen and oxygen atoms in total. The molecule has 3 N–H and O–H groups in total. The number of nitrogens with one attached hydrogen (secondary N) is 3. The molecule has 0 aromatic carbocycles. The van der Waals surface area contributed by atoms with Gasteiger partial charge in [-0.1, -0.05) is 11.6 Å². The van der Waals surface area contributed by atoms with E-state index in [1.807, 2.05) is 19.0 Å². The lowest BCUT2D eigenvalue weighted by Gasteiger charge is -2.13. The van der Waals surface area contributed by atoms with Gasteiger partial charge in [0.2, 0.25) is 0 Å². The Balaban J connectivity index is 1.60. The molecule has 3 aromatic rings. The lowest BCUT2D eigenvalue weighted by molar-refractivity contribution is -0.137. The minimum Gasteiger partial charge on any atom is -0.368 e. The average molecular weight is 608 g/mol. The molecule has 3 rings (SSSR count). The zero-order chi connectivity index (χ0) is 26.5. The van der Waals surface area contributed by atoms with Crippen molar-refractivity contribution < 1.29 is 22.8 Å². The van der Waals surface area contributed by atoms with Crippen molar-refractivity contribution in [3.63, 3.8) is 0 Å². The fourth-order valence-electron chi connectivity index (χ4n) is 2.69. The smallest absolute Gasteiger partial charge is 0.368 e. The molecule has 0 bridgehead atoms. The predicted octanol–water partition coefficient (Wildman–Crippen LogP) is 3.92. The third kappa shape index (κ3) is 7.32. The van der Waals surface area contributed by atoms with E-state index in [1.165, 1.54) is 12.5 Å². The number of nitrogens with zero attached hydrogens (tertiary/aromatic N) is 5. The predicted molar refractivity (Wildman–Crippen MR) is 132 cm³/mol. The number of anilines is 2. The summed E-state index contributed by atoms with van der Waals surface area (Å²) in [5, 5.41) is 7.87. The number of rotatable bonds is 9. The summed E-state index contributed by atoms with van der Waals surface area (Å²) >= 11 is 9.84. The van der Waals surface area contributed by atoms with Crippen LogP contribution in [0.3, 0.4) is 0 Å².